The number of benzene rings is 2. The molecule has 3 aromatic rings. The number of carbonyl (C=O) groups is 1. The van der Waals surface area contributed by atoms with Crippen LogP contribution in [-0.2, 0) is 17.8 Å². The monoisotopic (exact) mass is 573 g/mol. The van der Waals surface area contributed by atoms with Gasteiger partial charge in [0.2, 0.25) is 5.91 Å². The number of pyridine rings is 1. The molecular weight excluding hydrogens is 520 g/mol. The van der Waals surface area contributed by atoms with E-state index in [2.05, 4.69) is 16.8 Å². The van der Waals surface area contributed by atoms with E-state index >= 15 is 0 Å². The Labute approximate surface area is 254 Å². The number of hydrogen-bond acceptors (Lipinski definition) is 3. The molecule has 5 nitrogen and oxygen atoms in total. The maximum absolute atomic E-state index is 12.7. The number of nitrogens with zero attached hydrogens (tertiary/aromatic N) is 1. The van der Waals surface area contributed by atoms with Gasteiger partial charge in [-0.1, -0.05) is 115 Å². The molecule has 3 rings (SSSR count). The first-order valence-electron chi connectivity index (χ1n) is 16.3. The second-order valence-electron chi connectivity index (χ2n) is 11.4. The lowest BCUT2D eigenvalue weighted by molar-refractivity contribution is -0.688. The summed E-state index contributed by atoms with van der Waals surface area (Å²) in [6.07, 6.45) is 23.2. The molecule has 0 fully saturated rings. The van der Waals surface area contributed by atoms with E-state index in [1.165, 1.54) is 89.0 Å². The lowest BCUT2D eigenvalue weighted by atomic mass is 10.0. The van der Waals surface area contributed by atoms with Crippen LogP contribution in [0.2, 0.25) is 0 Å². The van der Waals surface area contributed by atoms with Gasteiger partial charge in [0.1, 0.15) is 0 Å². The van der Waals surface area contributed by atoms with Crippen molar-refractivity contribution >= 4 is 11.6 Å². The van der Waals surface area contributed by atoms with Crippen LogP contribution < -0.4 is 19.4 Å². The van der Waals surface area contributed by atoms with Gasteiger partial charge in [-0.05, 0) is 36.2 Å². The molecule has 0 bridgehead atoms. The number of hydrogen-bond donors (Lipinski definition) is 1. The van der Waals surface area contributed by atoms with E-state index in [0.717, 1.165) is 30.0 Å². The standard InChI is InChI=1S/C37H52N2O3/c1-3-4-5-6-7-8-9-10-11-12-13-14-15-19-28-42-35-25-22-33(29-36(35)41-2)30-37(40)38-34-23-20-32(21-24-34)31-39-26-17-16-18-27-39/h16-18,20-27,29H,3-15,19,28,30-31H2,1-2H3/p+1. The summed E-state index contributed by atoms with van der Waals surface area (Å²) in [5.41, 5.74) is 2.87. The van der Waals surface area contributed by atoms with Crippen LogP contribution in [-0.4, -0.2) is 19.6 Å². The van der Waals surface area contributed by atoms with Gasteiger partial charge in [-0.2, -0.15) is 0 Å². The number of methoxy groups -OCH3 is 1. The number of nitrogens with one attached hydrogen (secondary N) is 1. The van der Waals surface area contributed by atoms with Crippen LogP contribution in [0.1, 0.15) is 108 Å². The third kappa shape index (κ3) is 13.5. The summed E-state index contributed by atoms with van der Waals surface area (Å²) in [5, 5.41) is 3.00. The Hall–Kier alpha value is -3.34. The molecule has 228 valence electrons. The molecule has 0 spiro atoms. The minimum Gasteiger partial charge on any atom is -0.493 e. The van der Waals surface area contributed by atoms with Gasteiger partial charge in [0.25, 0.3) is 0 Å². The highest BCUT2D eigenvalue weighted by Crippen LogP contribution is 2.29. The third-order valence-electron chi connectivity index (χ3n) is 7.73. The highest BCUT2D eigenvalue weighted by molar-refractivity contribution is 5.92. The normalized spacial score (nSPS) is 10.9. The van der Waals surface area contributed by atoms with Crippen LogP contribution in [0.25, 0.3) is 0 Å². The summed E-state index contributed by atoms with van der Waals surface area (Å²) in [6.45, 7) is 3.76. The van der Waals surface area contributed by atoms with E-state index in [1.807, 2.05) is 73.1 Å². The SMILES string of the molecule is CCCCCCCCCCCCCCCCOc1ccc(CC(=O)Nc2ccc(C[n+]3ccccc3)cc2)cc1OC. The predicted molar refractivity (Wildman–Crippen MR) is 173 cm³/mol. The number of unbranched alkanes of at least 4 members (excludes halogenated alkanes) is 13. The Morgan fingerprint density at radius 3 is 1.86 bits per heavy atom. The number of amides is 1. The number of carbonyl (C=O) groups excluding carboxylic acids is 1. The summed E-state index contributed by atoms with van der Waals surface area (Å²) in [4.78, 5) is 12.7. The van der Waals surface area contributed by atoms with Crippen molar-refractivity contribution in [2.75, 3.05) is 19.0 Å². The van der Waals surface area contributed by atoms with Gasteiger partial charge >= 0.3 is 0 Å². The number of rotatable bonds is 22. The van der Waals surface area contributed by atoms with Gasteiger partial charge in [0.05, 0.1) is 20.1 Å². The first kappa shape index (κ1) is 33.2. The molecule has 42 heavy (non-hydrogen) atoms. The Morgan fingerprint density at radius 2 is 1.26 bits per heavy atom. The number of aromatic nitrogens is 1. The van der Waals surface area contributed by atoms with Crippen LogP contribution in [0.3, 0.4) is 0 Å². The number of ether oxygens (including phenoxy) is 2. The van der Waals surface area contributed by atoms with Gasteiger partial charge in [-0.25, -0.2) is 4.57 Å². The molecule has 2 aromatic carbocycles. The van der Waals surface area contributed by atoms with Crippen molar-refractivity contribution in [2.45, 2.75) is 110 Å². The topological polar surface area (TPSA) is 51.4 Å². The molecule has 0 aliphatic heterocycles. The van der Waals surface area contributed by atoms with Crippen LogP contribution >= 0.6 is 0 Å². The zero-order chi connectivity index (χ0) is 29.7. The van der Waals surface area contributed by atoms with Gasteiger partial charge in [0, 0.05) is 23.4 Å². The summed E-state index contributed by atoms with van der Waals surface area (Å²) >= 11 is 0. The van der Waals surface area contributed by atoms with Crippen LogP contribution in [0.5, 0.6) is 11.5 Å². The summed E-state index contributed by atoms with van der Waals surface area (Å²) < 4.78 is 13.7. The first-order chi connectivity index (χ1) is 20.7. The van der Waals surface area contributed by atoms with Crippen molar-refractivity contribution in [1.29, 1.82) is 0 Å². The summed E-state index contributed by atoms with van der Waals surface area (Å²) in [6, 6.07) is 19.8. The fraction of sp³-hybridized carbons (Fsp3) is 0.514. The van der Waals surface area contributed by atoms with Crippen molar-refractivity contribution in [2.24, 2.45) is 0 Å². The smallest absolute Gasteiger partial charge is 0.228 e. The lowest BCUT2D eigenvalue weighted by Gasteiger charge is -2.12. The van der Waals surface area contributed by atoms with E-state index in [9.17, 15) is 4.79 Å². The molecule has 0 atom stereocenters. The van der Waals surface area contributed by atoms with Gasteiger partial charge < -0.3 is 14.8 Å². The second-order valence-corrected chi connectivity index (χ2v) is 11.4. The minimum absolute atomic E-state index is 0.0571. The van der Waals surface area contributed by atoms with E-state index in [4.69, 9.17) is 9.47 Å². The zero-order valence-corrected chi connectivity index (χ0v) is 26.1. The molecule has 0 aliphatic carbocycles. The Bertz CT molecular complexity index is 1130. The summed E-state index contributed by atoms with van der Waals surface area (Å²) in [5.74, 6) is 1.36. The molecule has 1 amide bonds. The van der Waals surface area contributed by atoms with Gasteiger partial charge in [0.15, 0.2) is 30.4 Å². The molecular formula is C37H53N2O3+. The molecule has 0 aliphatic rings. The van der Waals surface area contributed by atoms with Crippen LogP contribution in [0.4, 0.5) is 5.69 Å². The predicted octanol–water partition coefficient (Wildman–Crippen LogP) is 9.07. The van der Waals surface area contributed by atoms with Crippen molar-refractivity contribution in [3.63, 3.8) is 0 Å². The van der Waals surface area contributed by atoms with Gasteiger partial charge in [-0.15, -0.1) is 0 Å². The van der Waals surface area contributed by atoms with Crippen molar-refractivity contribution < 1.29 is 18.8 Å². The van der Waals surface area contributed by atoms with Crippen molar-refractivity contribution in [1.82, 2.24) is 0 Å². The highest BCUT2D eigenvalue weighted by Gasteiger charge is 2.10. The van der Waals surface area contributed by atoms with E-state index in [0.29, 0.717) is 12.4 Å². The molecule has 0 unspecified atom stereocenters. The maximum atomic E-state index is 12.7. The Kier molecular flexibility index (Phi) is 16.2. The van der Waals surface area contributed by atoms with E-state index in [-0.39, 0.29) is 12.3 Å². The van der Waals surface area contributed by atoms with E-state index in [1.54, 1.807) is 7.11 Å². The molecule has 5 heteroatoms. The average Bonchev–Trinajstić information content (AvgIpc) is 3.01. The van der Waals surface area contributed by atoms with Gasteiger partial charge in [-0.3, -0.25) is 4.79 Å². The summed E-state index contributed by atoms with van der Waals surface area (Å²) in [7, 11) is 1.65. The zero-order valence-electron chi connectivity index (χ0n) is 26.1. The fourth-order valence-electron chi connectivity index (χ4n) is 5.25. The molecule has 0 radical (unpaired) electrons. The Balaban J connectivity index is 1.27. The maximum Gasteiger partial charge on any atom is 0.228 e. The van der Waals surface area contributed by atoms with Crippen LogP contribution in [0.15, 0.2) is 73.1 Å². The fourth-order valence-corrected chi connectivity index (χ4v) is 5.25. The molecule has 1 aromatic heterocycles. The minimum atomic E-state index is -0.0571. The number of anilines is 1. The molecule has 0 saturated carbocycles. The molecule has 1 heterocycles. The average molecular weight is 574 g/mol. The quantitative estimate of drug-likeness (QED) is 0.0963. The van der Waals surface area contributed by atoms with Crippen LogP contribution in [0, 0.1) is 0 Å². The largest absolute Gasteiger partial charge is 0.493 e. The first-order valence-corrected chi connectivity index (χ1v) is 16.3. The highest BCUT2D eigenvalue weighted by atomic mass is 16.5. The van der Waals surface area contributed by atoms with Crippen molar-refractivity contribution in [3.8, 4) is 11.5 Å². The Morgan fingerprint density at radius 1 is 0.690 bits per heavy atom. The van der Waals surface area contributed by atoms with Crippen molar-refractivity contribution in [3.05, 3.63) is 84.2 Å². The van der Waals surface area contributed by atoms with E-state index < -0.39 is 0 Å². The second kappa shape index (κ2) is 20.5. The lowest BCUT2D eigenvalue weighted by Crippen LogP contribution is -2.32. The molecule has 0 saturated heterocycles. The molecule has 1 N–H and O–H groups in total. The third-order valence-corrected chi connectivity index (χ3v) is 7.73.